The third-order valence-corrected chi connectivity index (χ3v) is 4.41. The number of benzene rings is 1. The number of nitrogens with zero attached hydrogens (tertiary/aromatic N) is 5. The van der Waals surface area contributed by atoms with Gasteiger partial charge in [0.25, 0.3) is 0 Å². The van der Waals surface area contributed by atoms with Gasteiger partial charge in [-0.1, -0.05) is 12.1 Å². The second kappa shape index (κ2) is 6.45. The molecule has 0 bridgehead atoms. The van der Waals surface area contributed by atoms with Crippen LogP contribution in [-0.4, -0.2) is 37.7 Å². The van der Waals surface area contributed by atoms with Gasteiger partial charge in [-0.3, -0.25) is 0 Å². The van der Waals surface area contributed by atoms with Crippen LogP contribution in [0.25, 0.3) is 5.69 Å². The van der Waals surface area contributed by atoms with E-state index >= 15 is 0 Å². The molecular formula is C17H20N6O. The van der Waals surface area contributed by atoms with E-state index < -0.39 is 0 Å². The molecule has 7 heteroatoms. The van der Waals surface area contributed by atoms with Crippen molar-refractivity contribution in [2.45, 2.75) is 32.0 Å². The van der Waals surface area contributed by atoms with E-state index in [1.807, 2.05) is 45.9 Å². The van der Waals surface area contributed by atoms with Gasteiger partial charge in [-0.05, 0) is 24.6 Å². The molecule has 0 fully saturated rings. The molecule has 4 rings (SSSR count). The lowest BCUT2D eigenvalue weighted by Crippen LogP contribution is -2.37. The normalized spacial score (nSPS) is 16.8. The molecule has 0 radical (unpaired) electrons. The molecule has 3 heterocycles. The van der Waals surface area contributed by atoms with Gasteiger partial charge in [0.2, 0.25) is 0 Å². The Balaban J connectivity index is 1.48. The minimum atomic E-state index is 0.389. The van der Waals surface area contributed by atoms with Gasteiger partial charge in [-0.25, -0.2) is 14.3 Å². The number of aryl methyl sites for hydroxylation is 1. The second-order valence-corrected chi connectivity index (χ2v) is 5.88. The summed E-state index contributed by atoms with van der Waals surface area (Å²) >= 11 is 0. The summed E-state index contributed by atoms with van der Waals surface area (Å²) in [7, 11) is 1.68. The summed E-state index contributed by atoms with van der Waals surface area (Å²) in [6.07, 6.45) is 5.49. The SMILES string of the molecule is COc1ccccc1-n1nccc1CNC1CCc2ncnn2C1. The molecule has 1 aromatic carbocycles. The smallest absolute Gasteiger partial charge is 0.144 e. The van der Waals surface area contributed by atoms with E-state index in [1.54, 1.807) is 13.4 Å². The number of ether oxygens (including phenoxy) is 1. The first-order valence-electron chi connectivity index (χ1n) is 8.11. The fourth-order valence-corrected chi connectivity index (χ4v) is 3.14. The van der Waals surface area contributed by atoms with Gasteiger partial charge in [0, 0.05) is 25.2 Å². The summed E-state index contributed by atoms with van der Waals surface area (Å²) in [6.45, 7) is 1.60. The Morgan fingerprint density at radius 1 is 1.25 bits per heavy atom. The number of fused-ring (bicyclic) bond motifs is 1. The van der Waals surface area contributed by atoms with Gasteiger partial charge in [-0.2, -0.15) is 10.2 Å². The zero-order valence-corrected chi connectivity index (χ0v) is 13.6. The van der Waals surface area contributed by atoms with Gasteiger partial charge in [0.15, 0.2) is 0 Å². The maximum Gasteiger partial charge on any atom is 0.144 e. The van der Waals surface area contributed by atoms with Crippen LogP contribution < -0.4 is 10.1 Å². The molecule has 24 heavy (non-hydrogen) atoms. The lowest BCUT2D eigenvalue weighted by atomic mass is 10.1. The van der Waals surface area contributed by atoms with Gasteiger partial charge in [0.1, 0.15) is 23.6 Å². The van der Waals surface area contributed by atoms with Crippen molar-refractivity contribution in [1.82, 2.24) is 29.9 Å². The maximum absolute atomic E-state index is 5.45. The first-order valence-corrected chi connectivity index (χ1v) is 8.11. The molecule has 7 nitrogen and oxygen atoms in total. The van der Waals surface area contributed by atoms with Crippen molar-refractivity contribution in [2.24, 2.45) is 0 Å². The topological polar surface area (TPSA) is 69.8 Å². The summed E-state index contributed by atoms with van der Waals surface area (Å²) in [4.78, 5) is 4.27. The molecule has 0 saturated heterocycles. The van der Waals surface area contributed by atoms with Gasteiger partial charge in [0.05, 0.1) is 19.3 Å². The first-order chi connectivity index (χ1) is 11.8. The molecule has 1 atom stereocenters. The number of hydrogen-bond acceptors (Lipinski definition) is 5. The van der Waals surface area contributed by atoms with Crippen molar-refractivity contribution in [3.05, 3.63) is 54.4 Å². The molecule has 1 aliphatic heterocycles. The highest BCUT2D eigenvalue weighted by atomic mass is 16.5. The molecule has 1 unspecified atom stereocenters. The fourth-order valence-electron chi connectivity index (χ4n) is 3.14. The van der Waals surface area contributed by atoms with Gasteiger partial charge in [-0.15, -0.1) is 0 Å². The largest absolute Gasteiger partial charge is 0.494 e. The van der Waals surface area contributed by atoms with E-state index in [9.17, 15) is 0 Å². The van der Waals surface area contributed by atoms with Crippen molar-refractivity contribution in [3.8, 4) is 11.4 Å². The summed E-state index contributed by atoms with van der Waals surface area (Å²) in [5.74, 6) is 1.89. The predicted molar refractivity (Wildman–Crippen MR) is 89.1 cm³/mol. The number of nitrogens with one attached hydrogen (secondary N) is 1. The van der Waals surface area contributed by atoms with Crippen molar-refractivity contribution < 1.29 is 4.74 Å². The molecule has 0 amide bonds. The number of rotatable bonds is 5. The Bertz CT molecular complexity index is 824. The zero-order chi connectivity index (χ0) is 16.4. The average Bonchev–Trinajstić information content (AvgIpc) is 3.28. The quantitative estimate of drug-likeness (QED) is 0.771. The third kappa shape index (κ3) is 2.78. The highest BCUT2D eigenvalue weighted by Crippen LogP contribution is 2.23. The first kappa shape index (κ1) is 14.9. The minimum Gasteiger partial charge on any atom is -0.494 e. The van der Waals surface area contributed by atoms with Crippen molar-refractivity contribution in [3.63, 3.8) is 0 Å². The third-order valence-electron chi connectivity index (χ3n) is 4.41. The molecule has 0 spiro atoms. The van der Waals surface area contributed by atoms with Crippen LogP contribution in [0.15, 0.2) is 42.9 Å². The highest BCUT2D eigenvalue weighted by Gasteiger charge is 2.20. The zero-order valence-electron chi connectivity index (χ0n) is 13.6. The number of hydrogen-bond donors (Lipinski definition) is 1. The predicted octanol–water partition coefficient (Wildman–Crippen LogP) is 1.58. The van der Waals surface area contributed by atoms with E-state index in [0.29, 0.717) is 6.04 Å². The summed E-state index contributed by atoms with van der Waals surface area (Å²) in [6, 6.07) is 10.3. The van der Waals surface area contributed by atoms with Crippen molar-refractivity contribution in [2.75, 3.05) is 7.11 Å². The van der Waals surface area contributed by atoms with Crippen LogP contribution in [-0.2, 0) is 19.5 Å². The Hall–Kier alpha value is -2.67. The Kier molecular flexibility index (Phi) is 4.00. The maximum atomic E-state index is 5.45. The van der Waals surface area contributed by atoms with Gasteiger partial charge < -0.3 is 10.1 Å². The molecule has 124 valence electrons. The van der Waals surface area contributed by atoms with E-state index in [4.69, 9.17) is 4.74 Å². The molecule has 3 aromatic rings. The Labute approximate surface area is 140 Å². The number of para-hydroxylation sites is 2. The Morgan fingerprint density at radius 2 is 2.17 bits per heavy atom. The van der Waals surface area contributed by atoms with Crippen LogP contribution in [0.4, 0.5) is 0 Å². The summed E-state index contributed by atoms with van der Waals surface area (Å²) < 4.78 is 9.36. The highest BCUT2D eigenvalue weighted by molar-refractivity contribution is 5.46. The van der Waals surface area contributed by atoms with Crippen LogP contribution in [0.3, 0.4) is 0 Å². The summed E-state index contributed by atoms with van der Waals surface area (Å²) in [5, 5.41) is 12.3. The van der Waals surface area contributed by atoms with Crippen LogP contribution in [0.1, 0.15) is 17.9 Å². The number of methoxy groups -OCH3 is 1. The minimum absolute atomic E-state index is 0.389. The van der Waals surface area contributed by atoms with Crippen LogP contribution in [0, 0.1) is 0 Å². The lowest BCUT2D eigenvalue weighted by molar-refractivity contribution is 0.355. The second-order valence-electron chi connectivity index (χ2n) is 5.88. The standard InChI is InChI=1S/C17H20N6O/c1-24-16-5-3-2-4-15(16)23-14(8-9-20-23)10-18-13-6-7-17-19-12-21-22(17)11-13/h2-5,8-9,12-13,18H,6-7,10-11H2,1H3. The van der Waals surface area contributed by atoms with E-state index in [2.05, 4.69) is 20.5 Å². The molecular weight excluding hydrogens is 304 g/mol. The summed E-state index contributed by atoms with van der Waals surface area (Å²) in [5.41, 5.74) is 2.05. The molecule has 0 saturated carbocycles. The number of aromatic nitrogens is 5. The molecule has 1 aliphatic rings. The van der Waals surface area contributed by atoms with E-state index in [1.165, 1.54) is 0 Å². The Morgan fingerprint density at radius 3 is 3.08 bits per heavy atom. The van der Waals surface area contributed by atoms with Crippen LogP contribution in [0.5, 0.6) is 5.75 Å². The molecule has 0 aliphatic carbocycles. The average molecular weight is 324 g/mol. The monoisotopic (exact) mass is 324 g/mol. The van der Waals surface area contributed by atoms with E-state index in [0.717, 1.165) is 48.9 Å². The van der Waals surface area contributed by atoms with Gasteiger partial charge >= 0.3 is 0 Å². The van der Waals surface area contributed by atoms with Crippen LogP contribution >= 0.6 is 0 Å². The molecule has 2 aromatic heterocycles. The fraction of sp³-hybridized carbons (Fsp3) is 0.353. The van der Waals surface area contributed by atoms with Crippen LogP contribution in [0.2, 0.25) is 0 Å². The van der Waals surface area contributed by atoms with E-state index in [-0.39, 0.29) is 0 Å². The van der Waals surface area contributed by atoms with Crippen molar-refractivity contribution in [1.29, 1.82) is 0 Å². The van der Waals surface area contributed by atoms with Crippen molar-refractivity contribution >= 4 is 0 Å². The lowest BCUT2D eigenvalue weighted by Gasteiger charge is -2.23. The molecule has 1 N–H and O–H groups in total.